The Morgan fingerprint density at radius 3 is 2.53 bits per heavy atom. The summed E-state index contributed by atoms with van der Waals surface area (Å²) in [5.74, 6) is 0.591. The van der Waals surface area contributed by atoms with Crippen molar-refractivity contribution in [2.24, 2.45) is 5.92 Å². The molecule has 0 aliphatic carbocycles. The molecule has 8 nitrogen and oxygen atoms in total. The van der Waals surface area contributed by atoms with Crippen molar-refractivity contribution in [3.8, 4) is 17.1 Å². The number of amides is 1. The summed E-state index contributed by atoms with van der Waals surface area (Å²) in [6.45, 7) is 2.26. The Morgan fingerprint density at radius 2 is 1.84 bits per heavy atom. The van der Waals surface area contributed by atoms with Gasteiger partial charge in [-0.05, 0) is 43.2 Å². The fraction of sp³-hybridized carbons (Fsp3) is 0.333. The monoisotopic (exact) mass is 437 g/mol. The van der Waals surface area contributed by atoms with Gasteiger partial charge in [-0.3, -0.25) is 9.59 Å². The third kappa shape index (κ3) is 6.66. The molecular formula is C24H27N3O5. The molecule has 1 unspecified atom stereocenters. The number of nitrogens with one attached hydrogen (secondary N) is 1. The number of ether oxygens (including phenoxy) is 2. The summed E-state index contributed by atoms with van der Waals surface area (Å²) < 4.78 is 15.6. The second kappa shape index (κ2) is 11.6. The lowest BCUT2D eigenvalue weighted by Gasteiger charge is -2.16. The van der Waals surface area contributed by atoms with E-state index in [0.29, 0.717) is 31.2 Å². The molecule has 0 fully saturated rings. The number of carbonyl (C=O) groups is 2. The molecule has 0 aliphatic heterocycles. The quantitative estimate of drug-likeness (QED) is 0.459. The zero-order chi connectivity index (χ0) is 22.8. The second-order valence-electron chi connectivity index (χ2n) is 7.18. The van der Waals surface area contributed by atoms with Crippen LogP contribution in [-0.2, 0) is 27.2 Å². The minimum atomic E-state index is -0.452. The highest BCUT2D eigenvalue weighted by Gasteiger charge is 2.21. The highest BCUT2D eigenvalue weighted by molar-refractivity contribution is 5.78. The highest BCUT2D eigenvalue weighted by Crippen LogP contribution is 2.20. The van der Waals surface area contributed by atoms with Crippen LogP contribution in [0.4, 0.5) is 0 Å². The van der Waals surface area contributed by atoms with Gasteiger partial charge in [0.2, 0.25) is 17.6 Å². The number of hydrogen-bond donors (Lipinski definition) is 1. The van der Waals surface area contributed by atoms with Crippen LogP contribution in [-0.4, -0.2) is 42.3 Å². The fourth-order valence-electron chi connectivity index (χ4n) is 3.16. The Hall–Kier alpha value is -3.68. The first-order chi connectivity index (χ1) is 15.6. The number of methoxy groups -OCH3 is 1. The largest absolute Gasteiger partial charge is 0.497 e. The first-order valence-corrected chi connectivity index (χ1v) is 10.5. The van der Waals surface area contributed by atoms with Crippen LogP contribution < -0.4 is 10.1 Å². The van der Waals surface area contributed by atoms with Crippen molar-refractivity contribution in [3.63, 3.8) is 0 Å². The van der Waals surface area contributed by atoms with Gasteiger partial charge in [-0.1, -0.05) is 35.5 Å². The Labute approximate surface area is 186 Å². The molecule has 1 N–H and O–H groups in total. The first-order valence-electron chi connectivity index (χ1n) is 10.5. The lowest BCUT2D eigenvalue weighted by molar-refractivity contribution is -0.147. The SMILES string of the molecule is CCOC(=O)C(CNC(=O)CCc1nc(-c2ccc(OC)cc2)no1)Cc1ccccc1. The van der Waals surface area contributed by atoms with Crippen molar-refractivity contribution in [1.82, 2.24) is 15.5 Å². The topological polar surface area (TPSA) is 104 Å². The molecule has 0 saturated heterocycles. The van der Waals surface area contributed by atoms with E-state index in [0.717, 1.165) is 16.9 Å². The lowest BCUT2D eigenvalue weighted by atomic mass is 9.99. The van der Waals surface area contributed by atoms with Crippen LogP contribution in [0.1, 0.15) is 24.8 Å². The van der Waals surface area contributed by atoms with E-state index in [-0.39, 0.29) is 24.8 Å². The minimum absolute atomic E-state index is 0.172. The van der Waals surface area contributed by atoms with E-state index in [1.807, 2.05) is 54.6 Å². The molecule has 2 aromatic carbocycles. The summed E-state index contributed by atoms with van der Waals surface area (Å²) in [4.78, 5) is 29.0. The summed E-state index contributed by atoms with van der Waals surface area (Å²) in [6, 6.07) is 16.9. The van der Waals surface area contributed by atoms with E-state index in [4.69, 9.17) is 14.0 Å². The summed E-state index contributed by atoms with van der Waals surface area (Å²) in [7, 11) is 1.60. The van der Waals surface area contributed by atoms with Crippen molar-refractivity contribution in [2.75, 3.05) is 20.3 Å². The van der Waals surface area contributed by atoms with Gasteiger partial charge in [-0.25, -0.2) is 0 Å². The number of esters is 1. The van der Waals surface area contributed by atoms with E-state index in [2.05, 4.69) is 15.5 Å². The molecule has 32 heavy (non-hydrogen) atoms. The lowest BCUT2D eigenvalue weighted by Crippen LogP contribution is -2.35. The number of aryl methyl sites for hydroxylation is 1. The average molecular weight is 437 g/mol. The van der Waals surface area contributed by atoms with Gasteiger partial charge in [0.1, 0.15) is 5.75 Å². The van der Waals surface area contributed by atoms with Crippen LogP contribution in [0.3, 0.4) is 0 Å². The van der Waals surface area contributed by atoms with Crippen LogP contribution in [0, 0.1) is 5.92 Å². The predicted molar refractivity (Wildman–Crippen MR) is 118 cm³/mol. The molecular weight excluding hydrogens is 410 g/mol. The summed E-state index contributed by atoms with van der Waals surface area (Å²) >= 11 is 0. The van der Waals surface area contributed by atoms with Crippen molar-refractivity contribution in [2.45, 2.75) is 26.2 Å². The van der Waals surface area contributed by atoms with E-state index in [9.17, 15) is 9.59 Å². The van der Waals surface area contributed by atoms with Gasteiger partial charge in [0.05, 0.1) is 19.6 Å². The smallest absolute Gasteiger partial charge is 0.311 e. The fourth-order valence-corrected chi connectivity index (χ4v) is 3.16. The van der Waals surface area contributed by atoms with Gasteiger partial charge < -0.3 is 19.3 Å². The number of benzene rings is 2. The van der Waals surface area contributed by atoms with Crippen molar-refractivity contribution >= 4 is 11.9 Å². The predicted octanol–water partition coefficient (Wildman–Crippen LogP) is 3.22. The molecule has 3 aromatic rings. The molecule has 0 saturated carbocycles. The molecule has 0 aliphatic rings. The molecule has 0 radical (unpaired) electrons. The van der Waals surface area contributed by atoms with E-state index in [1.165, 1.54) is 0 Å². The zero-order valence-corrected chi connectivity index (χ0v) is 18.2. The number of aromatic nitrogens is 2. The molecule has 0 spiro atoms. The number of carbonyl (C=O) groups excluding carboxylic acids is 2. The zero-order valence-electron chi connectivity index (χ0n) is 18.2. The minimum Gasteiger partial charge on any atom is -0.497 e. The van der Waals surface area contributed by atoms with Gasteiger partial charge in [0.25, 0.3) is 0 Å². The molecule has 0 bridgehead atoms. The maximum absolute atomic E-state index is 12.3. The van der Waals surface area contributed by atoms with Crippen molar-refractivity contribution in [3.05, 3.63) is 66.1 Å². The van der Waals surface area contributed by atoms with Crippen molar-refractivity contribution < 1.29 is 23.6 Å². The molecule has 1 aromatic heterocycles. The second-order valence-corrected chi connectivity index (χ2v) is 7.18. The maximum atomic E-state index is 12.3. The first kappa shape index (κ1) is 23.0. The third-order valence-electron chi connectivity index (χ3n) is 4.87. The normalized spacial score (nSPS) is 11.6. The summed E-state index contributed by atoms with van der Waals surface area (Å²) in [6.07, 6.45) is 0.970. The third-order valence-corrected chi connectivity index (χ3v) is 4.87. The van der Waals surface area contributed by atoms with E-state index >= 15 is 0 Å². The average Bonchev–Trinajstić information content (AvgIpc) is 3.30. The van der Waals surface area contributed by atoms with E-state index < -0.39 is 5.92 Å². The van der Waals surface area contributed by atoms with Crippen molar-refractivity contribution in [1.29, 1.82) is 0 Å². The van der Waals surface area contributed by atoms with Crippen LogP contribution in [0.2, 0.25) is 0 Å². The number of hydrogen-bond acceptors (Lipinski definition) is 7. The highest BCUT2D eigenvalue weighted by atomic mass is 16.5. The number of rotatable bonds is 11. The molecule has 168 valence electrons. The van der Waals surface area contributed by atoms with Gasteiger partial charge in [0.15, 0.2) is 0 Å². The number of nitrogens with zero attached hydrogens (tertiary/aromatic N) is 2. The maximum Gasteiger partial charge on any atom is 0.311 e. The Balaban J connectivity index is 1.50. The van der Waals surface area contributed by atoms with Crippen LogP contribution in [0.5, 0.6) is 5.75 Å². The van der Waals surface area contributed by atoms with Gasteiger partial charge in [0, 0.05) is 24.9 Å². The Bertz CT molecular complexity index is 1000. The van der Waals surface area contributed by atoms with Crippen LogP contribution >= 0.6 is 0 Å². The summed E-state index contributed by atoms with van der Waals surface area (Å²) in [5, 5.41) is 6.78. The Morgan fingerprint density at radius 1 is 1.09 bits per heavy atom. The van der Waals surface area contributed by atoms with Gasteiger partial charge in [-0.15, -0.1) is 0 Å². The van der Waals surface area contributed by atoms with E-state index in [1.54, 1.807) is 14.0 Å². The molecule has 3 rings (SSSR count). The standard InChI is InChI=1S/C24H27N3O5/c1-3-31-24(29)19(15-17-7-5-4-6-8-17)16-25-21(28)13-14-22-26-23(27-32-22)18-9-11-20(30-2)12-10-18/h4-12,19H,3,13-16H2,1-2H3,(H,25,28). The molecule has 8 heteroatoms. The van der Waals surface area contributed by atoms with Gasteiger partial charge in [-0.2, -0.15) is 4.98 Å². The van der Waals surface area contributed by atoms with Gasteiger partial charge >= 0.3 is 5.97 Å². The molecule has 1 atom stereocenters. The van der Waals surface area contributed by atoms with Crippen LogP contribution in [0.25, 0.3) is 11.4 Å². The summed E-state index contributed by atoms with van der Waals surface area (Å²) in [5.41, 5.74) is 1.81. The Kier molecular flexibility index (Phi) is 8.36. The molecule has 1 heterocycles. The molecule has 1 amide bonds. The van der Waals surface area contributed by atoms with Crippen LogP contribution in [0.15, 0.2) is 59.1 Å².